The fourth-order valence-electron chi connectivity index (χ4n) is 2.56. The summed E-state index contributed by atoms with van der Waals surface area (Å²) in [5.74, 6) is -3.07. The first-order chi connectivity index (χ1) is 10.4. The van der Waals surface area contributed by atoms with Crippen LogP contribution in [0, 0.1) is 11.8 Å². The molecule has 1 aromatic heterocycles. The number of hydrogen-bond donors (Lipinski definition) is 2. The van der Waals surface area contributed by atoms with E-state index in [2.05, 4.69) is 20.8 Å². The number of hydrazine groups is 1. The van der Waals surface area contributed by atoms with Crippen molar-refractivity contribution in [1.29, 1.82) is 0 Å². The van der Waals surface area contributed by atoms with Crippen LogP contribution in [0.25, 0.3) is 0 Å². The van der Waals surface area contributed by atoms with Gasteiger partial charge in [-0.15, -0.1) is 0 Å². The lowest BCUT2D eigenvalue weighted by atomic mass is 9.78. The number of hydrogen-bond acceptors (Lipinski definition) is 5. The maximum atomic E-state index is 13.0. The quantitative estimate of drug-likeness (QED) is 0.833. The lowest BCUT2D eigenvalue weighted by molar-refractivity contribution is -0.198. The van der Waals surface area contributed by atoms with Crippen molar-refractivity contribution in [3.05, 3.63) is 12.3 Å². The highest BCUT2D eigenvalue weighted by Gasteiger charge is 2.48. The molecule has 0 spiro atoms. The predicted molar refractivity (Wildman–Crippen MR) is 71.9 cm³/mol. The zero-order valence-electron chi connectivity index (χ0n) is 12.0. The minimum atomic E-state index is -4.37. The van der Waals surface area contributed by atoms with Gasteiger partial charge in [-0.05, 0) is 12.8 Å². The maximum absolute atomic E-state index is 13.0. The Morgan fingerprint density at radius 2 is 2.09 bits per heavy atom. The summed E-state index contributed by atoms with van der Waals surface area (Å²) in [7, 11) is 1.42. The van der Waals surface area contributed by atoms with Crippen LogP contribution in [0.1, 0.15) is 25.7 Å². The highest BCUT2D eigenvalue weighted by atomic mass is 19.4. The van der Waals surface area contributed by atoms with Gasteiger partial charge in [-0.3, -0.25) is 15.6 Å². The third kappa shape index (κ3) is 3.99. The van der Waals surface area contributed by atoms with E-state index in [0.29, 0.717) is 12.8 Å². The third-order valence-corrected chi connectivity index (χ3v) is 3.66. The van der Waals surface area contributed by atoms with Crippen LogP contribution in [0.2, 0.25) is 0 Å². The molecule has 0 radical (unpaired) electrons. The molecule has 22 heavy (non-hydrogen) atoms. The molecule has 0 bridgehead atoms. The third-order valence-electron chi connectivity index (χ3n) is 3.66. The fourth-order valence-corrected chi connectivity index (χ4v) is 2.56. The molecule has 2 unspecified atom stereocenters. The summed E-state index contributed by atoms with van der Waals surface area (Å²) in [6, 6.07) is 1.51. The van der Waals surface area contributed by atoms with Crippen LogP contribution in [0.4, 0.5) is 19.1 Å². The molecule has 1 heterocycles. The molecule has 2 atom stereocenters. The van der Waals surface area contributed by atoms with Gasteiger partial charge in [0.25, 0.3) is 0 Å². The molecular formula is C13H17F3N4O2. The van der Waals surface area contributed by atoms with Crippen molar-refractivity contribution < 1.29 is 22.7 Å². The predicted octanol–water partition coefficient (Wildman–Crippen LogP) is 2.30. The highest BCUT2D eigenvalue weighted by Crippen LogP contribution is 2.41. The first kappa shape index (κ1) is 16.3. The van der Waals surface area contributed by atoms with Gasteiger partial charge in [-0.25, -0.2) is 4.98 Å². The molecule has 1 aromatic rings. The number of carbonyl (C=O) groups excluding carboxylic acids is 1. The second kappa shape index (κ2) is 6.80. The van der Waals surface area contributed by atoms with E-state index in [4.69, 9.17) is 4.74 Å². The summed E-state index contributed by atoms with van der Waals surface area (Å²) in [4.78, 5) is 19.8. The van der Waals surface area contributed by atoms with E-state index in [0.717, 1.165) is 0 Å². The minimum absolute atomic E-state index is 0.0166. The average molecular weight is 318 g/mol. The Balaban J connectivity index is 1.98. The van der Waals surface area contributed by atoms with Crippen LogP contribution in [0.3, 0.4) is 0 Å². The summed E-state index contributed by atoms with van der Waals surface area (Å²) in [5.41, 5.74) is 4.67. The standard InChI is InChI=1S/C13H17F3N4O2/c1-22-10-6-7-17-12(18-10)20-19-11(21)8-4-2-3-5-9(8)13(14,15)16/h6-9H,2-5H2,1H3,(H,19,21)(H,17,18,20). The largest absolute Gasteiger partial charge is 0.481 e. The van der Waals surface area contributed by atoms with Gasteiger partial charge >= 0.3 is 6.18 Å². The SMILES string of the molecule is COc1ccnc(NNC(=O)C2CCCCC2C(F)(F)F)n1. The first-order valence-electron chi connectivity index (χ1n) is 6.91. The molecule has 1 fully saturated rings. The first-order valence-corrected chi connectivity index (χ1v) is 6.91. The number of nitrogens with zero attached hydrogens (tertiary/aromatic N) is 2. The molecule has 0 saturated heterocycles. The van der Waals surface area contributed by atoms with Crippen molar-refractivity contribution >= 4 is 11.9 Å². The molecule has 1 aliphatic carbocycles. The Morgan fingerprint density at radius 1 is 1.36 bits per heavy atom. The molecule has 2 N–H and O–H groups in total. The summed E-state index contributed by atoms with van der Waals surface area (Å²) < 4.78 is 43.8. The monoisotopic (exact) mass is 318 g/mol. The fraction of sp³-hybridized carbons (Fsp3) is 0.615. The summed E-state index contributed by atoms with van der Waals surface area (Å²) in [5, 5.41) is 0. The normalized spacial score (nSPS) is 22.0. The van der Waals surface area contributed by atoms with Gasteiger partial charge in [-0.2, -0.15) is 18.2 Å². The van der Waals surface area contributed by atoms with Gasteiger partial charge in [0.1, 0.15) is 0 Å². The molecule has 9 heteroatoms. The van der Waals surface area contributed by atoms with Crippen molar-refractivity contribution in [2.45, 2.75) is 31.9 Å². The molecular weight excluding hydrogens is 301 g/mol. The number of methoxy groups -OCH3 is 1. The van der Waals surface area contributed by atoms with E-state index in [-0.39, 0.29) is 24.7 Å². The molecule has 1 saturated carbocycles. The average Bonchev–Trinajstić information content (AvgIpc) is 2.52. The maximum Gasteiger partial charge on any atom is 0.392 e. The molecule has 0 aromatic carbocycles. The zero-order chi connectivity index (χ0) is 16.2. The topological polar surface area (TPSA) is 76.1 Å². The molecule has 1 amide bonds. The molecule has 6 nitrogen and oxygen atoms in total. The number of carbonyl (C=O) groups is 1. The van der Waals surface area contributed by atoms with Crippen molar-refractivity contribution in [2.24, 2.45) is 11.8 Å². The van der Waals surface area contributed by atoms with E-state index < -0.39 is 23.9 Å². The van der Waals surface area contributed by atoms with E-state index in [1.807, 2.05) is 0 Å². The van der Waals surface area contributed by atoms with Crippen molar-refractivity contribution in [2.75, 3.05) is 12.5 Å². The second-order valence-electron chi connectivity index (χ2n) is 5.08. The van der Waals surface area contributed by atoms with Gasteiger partial charge < -0.3 is 4.74 Å². The Bertz CT molecular complexity index is 524. The smallest absolute Gasteiger partial charge is 0.392 e. The highest BCUT2D eigenvalue weighted by molar-refractivity contribution is 5.80. The van der Waals surface area contributed by atoms with E-state index in [9.17, 15) is 18.0 Å². The van der Waals surface area contributed by atoms with Crippen LogP contribution < -0.4 is 15.6 Å². The van der Waals surface area contributed by atoms with E-state index >= 15 is 0 Å². The van der Waals surface area contributed by atoms with Crippen LogP contribution in [-0.4, -0.2) is 29.2 Å². The van der Waals surface area contributed by atoms with Crippen molar-refractivity contribution in [3.8, 4) is 5.88 Å². The molecule has 2 rings (SSSR count). The Morgan fingerprint density at radius 3 is 2.77 bits per heavy atom. The molecule has 122 valence electrons. The molecule has 0 aliphatic heterocycles. The summed E-state index contributed by atoms with van der Waals surface area (Å²) >= 11 is 0. The summed E-state index contributed by atoms with van der Waals surface area (Å²) in [6.45, 7) is 0. The van der Waals surface area contributed by atoms with Gasteiger partial charge in [-0.1, -0.05) is 12.8 Å². The lowest BCUT2D eigenvalue weighted by Crippen LogP contribution is -2.44. The lowest BCUT2D eigenvalue weighted by Gasteiger charge is -2.31. The van der Waals surface area contributed by atoms with Gasteiger partial charge in [0.15, 0.2) is 0 Å². The zero-order valence-corrected chi connectivity index (χ0v) is 12.0. The van der Waals surface area contributed by atoms with Gasteiger partial charge in [0.05, 0.1) is 18.9 Å². The van der Waals surface area contributed by atoms with Gasteiger partial charge in [0, 0.05) is 12.3 Å². The number of alkyl halides is 3. The summed E-state index contributed by atoms with van der Waals surface area (Å²) in [6.07, 6.45) is -1.66. The van der Waals surface area contributed by atoms with E-state index in [1.165, 1.54) is 19.4 Å². The Labute approximate surface area is 125 Å². The van der Waals surface area contributed by atoms with Crippen LogP contribution >= 0.6 is 0 Å². The number of halogens is 3. The number of amides is 1. The van der Waals surface area contributed by atoms with E-state index in [1.54, 1.807) is 0 Å². The second-order valence-corrected chi connectivity index (χ2v) is 5.08. The van der Waals surface area contributed by atoms with Crippen LogP contribution in [-0.2, 0) is 4.79 Å². The number of rotatable bonds is 4. The van der Waals surface area contributed by atoms with Crippen molar-refractivity contribution in [1.82, 2.24) is 15.4 Å². The van der Waals surface area contributed by atoms with Crippen LogP contribution in [0.5, 0.6) is 5.88 Å². The minimum Gasteiger partial charge on any atom is -0.481 e. The Hall–Kier alpha value is -2.06. The Kier molecular flexibility index (Phi) is 5.04. The number of aromatic nitrogens is 2. The van der Waals surface area contributed by atoms with Crippen LogP contribution in [0.15, 0.2) is 12.3 Å². The number of ether oxygens (including phenoxy) is 1. The van der Waals surface area contributed by atoms with Gasteiger partial charge in [0.2, 0.25) is 17.7 Å². The molecule has 1 aliphatic rings. The van der Waals surface area contributed by atoms with Crippen molar-refractivity contribution in [3.63, 3.8) is 0 Å². The number of anilines is 1. The number of nitrogens with one attached hydrogen (secondary N) is 2.